The molecule has 1 atom stereocenters. The van der Waals surface area contributed by atoms with E-state index in [0.29, 0.717) is 6.54 Å². The number of halogens is 1. The van der Waals surface area contributed by atoms with Crippen molar-refractivity contribution in [2.45, 2.75) is 19.1 Å². The molecule has 1 aliphatic heterocycles. The topological polar surface area (TPSA) is 48.0 Å². The summed E-state index contributed by atoms with van der Waals surface area (Å²) in [6, 6.07) is 19.4. The Hall–Kier alpha value is -2.77. The number of rotatable bonds is 8. The number of benzene rings is 3. The number of hydrogen-bond donors (Lipinski definition) is 2. The summed E-state index contributed by atoms with van der Waals surface area (Å²) in [6.07, 6.45) is 2.47. The SMILES string of the molecule is OC(CONC1=CCc2c1ccc1ccccc21)CN1CCN(Cc2ccc(F)cc2)CC1. The minimum Gasteiger partial charge on any atom is -0.389 e. The molecule has 172 valence electrons. The predicted molar refractivity (Wildman–Crippen MR) is 129 cm³/mol. The Kier molecular flexibility index (Phi) is 6.69. The van der Waals surface area contributed by atoms with Gasteiger partial charge in [-0.05, 0) is 40.5 Å². The van der Waals surface area contributed by atoms with Gasteiger partial charge in [0.1, 0.15) is 12.4 Å². The maximum absolute atomic E-state index is 13.1. The monoisotopic (exact) mass is 447 g/mol. The lowest BCUT2D eigenvalue weighted by Crippen LogP contribution is -2.48. The molecule has 1 aliphatic carbocycles. The third-order valence-corrected chi connectivity index (χ3v) is 6.55. The molecule has 5 nitrogen and oxygen atoms in total. The lowest BCUT2D eigenvalue weighted by atomic mass is 10.00. The van der Waals surface area contributed by atoms with Crippen LogP contribution in [0.25, 0.3) is 16.5 Å². The van der Waals surface area contributed by atoms with E-state index in [-0.39, 0.29) is 12.4 Å². The van der Waals surface area contributed by atoms with Crippen molar-refractivity contribution in [1.82, 2.24) is 15.3 Å². The number of nitrogens with one attached hydrogen (secondary N) is 1. The van der Waals surface area contributed by atoms with Crippen LogP contribution in [0.3, 0.4) is 0 Å². The summed E-state index contributed by atoms with van der Waals surface area (Å²) in [6.45, 7) is 5.31. The maximum Gasteiger partial charge on any atom is 0.123 e. The smallest absolute Gasteiger partial charge is 0.123 e. The van der Waals surface area contributed by atoms with Crippen molar-refractivity contribution in [3.8, 4) is 0 Å². The average molecular weight is 448 g/mol. The minimum atomic E-state index is -0.556. The summed E-state index contributed by atoms with van der Waals surface area (Å²) in [5.41, 5.74) is 7.64. The van der Waals surface area contributed by atoms with Gasteiger partial charge in [-0.25, -0.2) is 4.39 Å². The van der Waals surface area contributed by atoms with Gasteiger partial charge < -0.3 is 5.11 Å². The molecule has 1 saturated heterocycles. The second-order valence-electron chi connectivity index (χ2n) is 8.90. The Morgan fingerprint density at radius 3 is 2.52 bits per heavy atom. The van der Waals surface area contributed by atoms with Crippen LogP contribution < -0.4 is 5.48 Å². The van der Waals surface area contributed by atoms with E-state index in [1.807, 2.05) is 12.1 Å². The maximum atomic E-state index is 13.1. The summed E-state index contributed by atoms with van der Waals surface area (Å²) >= 11 is 0. The lowest BCUT2D eigenvalue weighted by molar-refractivity contribution is -0.0168. The van der Waals surface area contributed by atoms with E-state index in [1.165, 1.54) is 34.0 Å². The van der Waals surface area contributed by atoms with Gasteiger partial charge >= 0.3 is 0 Å². The van der Waals surface area contributed by atoms with E-state index < -0.39 is 6.10 Å². The normalized spacial score (nSPS) is 17.7. The molecular formula is C27H30FN3O2. The Bertz CT molecular complexity index is 1120. The molecule has 6 heteroatoms. The summed E-state index contributed by atoms with van der Waals surface area (Å²) < 4.78 is 13.1. The molecule has 0 aromatic heterocycles. The van der Waals surface area contributed by atoms with E-state index >= 15 is 0 Å². The molecule has 1 fully saturated rings. The predicted octanol–water partition coefficient (Wildman–Crippen LogP) is 3.58. The fourth-order valence-corrected chi connectivity index (χ4v) is 4.76. The van der Waals surface area contributed by atoms with Crippen LogP contribution in [0.5, 0.6) is 0 Å². The van der Waals surface area contributed by atoms with Gasteiger partial charge in [0, 0.05) is 44.8 Å². The van der Waals surface area contributed by atoms with Crippen molar-refractivity contribution in [2.24, 2.45) is 0 Å². The van der Waals surface area contributed by atoms with Gasteiger partial charge in [0.05, 0.1) is 11.8 Å². The van der Waals surface area contributed by atoms with Gasteiger partial charge in [0.2, 0.25) is 0 Å². The first-order chi connectivity index (χ1) is 16.2. The number of hydroxylamine groups is 1. The fourth-order valence-electron chi connectivity index (χ4n) is 4.76. The molecule has 1 heterocycles. The summed E-state index contributed by atoms with van der Waals surface area (Å²) in [4.78, 5) is 10.3. The van der Waals surface area contributed by atoms with Crippen molar-refractivity contribution in [2.75, 3.05) is 39.3 Å². The summed E-state index contributed by atoms with van der Waals surface area (Å²) in [5.74, 6) is -0.198. The number of hydrogen-bond acceptors (Lipinski definition) is 5. The lowest BCUT2D eigenvalue weighted by Gasteiger charge is -2.35. The van der Waals surface area contributed by atoms with E-state index in [9.17, 15) is 9.50 Å². The van der Waals surface area contributed by atoms with Crippen molar-refractivity contribution >= 4 is 16.5 Å². The van der Waals surface area contributed by atoms with Crippen LogP contribution in [0.15, 0.2) is 66.7 Å². The van der Waals surface area contributed by atoms with Crippen molar-refractivity contribution < 1.29 is 14.3 Å². The van der Waals surface area contributed by atoms with E-state index in [2.05, 4.69) is 57.8 Å². The number of allylic oxidation sites excluding steroid dienone is 1. The van der Waals surface area contributed by atoms with Crippen LogP contribution >= 0.6 is 0 Å². The van der Waals surface area contributed by atoms with Crippen LogP contribution in [0.2, 0.25) is 0 Å². The largest absolute Gasteiger partial charge is 0.389 e. The molecular weight excluding hydrogens is 417 g/mol. The van der Waals surface area contributed by atoms with E-state index in [4.69, 9.17) is 4.84 Å². The number of fused-ring (bicyclic) bond motifs is 3. The van der Waals surface area contributed by atoms with Crippen molar-refractivity contribution in [3.05, 3.63) is 89.2 Å². The quantitative estimate of drug-likeness (QED) is 0.517. The molecule has 3 aromatic rings. The third kappa shape index (κ3) is 5.25. The second kappa shape index (κ2) is 10.0. The highest BCUT2D eigenvalue weighted by Crippen LogP contribution is 2.32. The molecule has 0 bridgehead atoms. The number of nitrogens with zero attached hydrogens (tertiary/aromatic N) is 2. The average Bonchev–Trinajstić information content (AvgIpc) is 3.25. The zero-order valence-electron chi connectivity index (χ0n) is 18.7. The summed E-state index contributed by atoms with van der Waals surface area (Å²) in [7, 11) is 0. The van der Waals surface area contributed by atoms with Gasteiger partial charge in [-0.3, -0.25) is 20.1 Å². The fraction of sp³-hybridized carbons (Fsp3) is 0.333. The van der Waals surface area contributed by atoms with Crippen molar-refractivity contribution in [3.63, 3.8) is 0 Å². The zero-order valence-corrected chi connectivity index (χ0v) is 18.7. The highest BCUT2D eigenvalue weighted by Gasteiger charge is 2.20. The Labute approximate surface area is 194 Å². The minimum absolute atomic E-state index is 0.198. The van der Waals surface area contributed by atoms with Crippen LogP contribution in [0, 0.1) is 5.82 Å². The van der Waals surface area contributed by atoms with Gasteiger partial charge in [0.15, 0.2) is 0 Å². The molecule has 0 saturated carbocycles. The molecule has 2 N–H and O–H groups in total. The molecule has 33 heavy (non-hydrogen) atoms. The van der Waals surface area contributed by atoms with Gasteiger partial charge in [-0.1, -0.05) is 54.6 Å². The molecule has 5 rings (SSSR count). The van der Waals surface area contributed by atoms with Crippen LogP contribution in [0.1, 0.15) is 16.7 Å². The molecule has 3 aromatic carbocycles. The highest BCUT2D eigenvalue weighted by atomic mass is 19.1. The van der Waals surface area contributed by atoms with E-state index in [1.54, 1.807) is 0 Å². The van der Waals surface area contributed by atoms with Gasteiger partial charge in [-0.2, -0.15) is 0 Å². The molecule has 2 aliphatic rings. The Morgan fingerprint density at radius 1 is 0.939 bits per heavy atom. The summed E-state index contributed by atoms with van der Waals surface area (Å²) in [5, 5.41) is 13.0. The van der Waals surface area contributed by atoms with E-state index in [0.717, 1.165) is 50.4 Å². The van der Waals surface area contributed by atoms with Gasteiger partial charge in [-0.15, -0.1) is 0 Å². The first-order valence-corrected chi connectivity index (χ1v) is 11.6. The number of piperazine rings is 1. The van der Waals surface area contributed by atoms with Gasteiger partial charge in [0.25, 0.3) is 0 Å². The molecule has 0 amide bonds. The molecule has 0 spiro atoms. The third-order valence-electron chi connectivity index (χ3n) is 6.55. The first-order valence-electron chi connectivity index (χ1n) is 11.6. The number of aliphatic hydroxyl groups excluding tert-OH is 1. The van der Waals surface area contributed by atoms with Crippen LogP contribution in [-0.4, -0.2) is 60.3 Å². The first kappa shape index (κ1) is 22.0. The standard InChI is InChI=1S/C27H30FN3O2/c28-22-8-5-20(6-9-22)17-30-13-15-31(16-14-30)18-23(32)19-33-29-27-12-11-25-24-4-2-1-3-21(24)7-10-26(25)27/h1-10,12,23,29,32H,11,13-19H2. The Morgan fingerprint density at radius 2 is 1.70 bits per heavy atom. The Balaban J connectivity index is 1.04. The molecule has 0 radical (unpaired) electrons. The van der Waals surface area contributed by atoms with Crippen LogP contribution in [-0.2, 0) is 17.8 Å². The number of β-amino-alcohol motifs (C(OH)–C–C–N with tert-alkyl or cyclic N) is 1. The van der Waals surface area contributed by atoms with Crippen LogP contribution in [0.4, 0.5) is 4.39 Å². The van der Waals surface area contributed by atoms with Crippen molar-refractivity contribution in [1.29, 1.82) is 0 Å². The zero-order chi connectivity index (χ0) is 22.6. The molecule has 1 unspecified atom stereocenters. The highest BCUT2D eigenvalue weighted by molar-refractivity contribution is 5.92. The second-order valence-corrected chi connectivity index (χ2v) is 8.90. The number of aliphatic hydroxyl groups is 1.